The molecular formula is C3H6ClN. The van der Waals surface area contributed by atoms with Crippen LogP contribution in [-0.2, 0) is 0 Å². The molecular weight excluding hydrogens is 85.5 g/mol. The quantitative estimate of drug-likeness (QED) is 0.474. The van der Waals surface area contributed by atoms with Gasteiger partial charge < -0.3 is 5.73 Å². The lowest BCUT2D eigenvalue weighted by molar-refractivity contribution is 1.33. The Kier molecular flexibility index (Phi) is 2.02. The van der Waals surface area contributed by atoms with E-state index >= 15 is 0 Å². The minimum absolute atomic E-state index is 0.645. The minimum Gasteiger partial charge on any atom is -0.402 e. The number of hydrogen-bond acceptors (Lipinski definition) is 1. The van der Waals surface area contributed by atoms with E-state index in [0.717, 1.165) is 0 Å². The zero-order chi connectivity index (χ0) is 4.28. The highest BCUT2D eigenvalue weighted by Crippen LogP contribution is 1.80. The van der Waals surface area contributed by atoms with Crippen LogP contribution in [-0.4, -0.2) is 0 Å². The second-order valence-corrected chi connectivity index (χ2v) is 1.07. The lowest BCUT2D eigenvalue weighted by Crippen LogP contribution is -1.85. The summed E-state index contributed by atoms with van der Waals surface area (Å²) < 4.78 is 0. The largest absolute Gasteiger partial charge is 0.402 e. The lowest BCUT2D eigenvalue weighted by Gasteiger charge is -1.74. The molecule has 0 saturated heterocycles. The summed E-state index contributed by atoms with van der Waals surface area (Å²) in [6.45, 7) is 1.73. The van der Waals surface area contributed by atoms with Gasteiger partial charge in [-0.1, -0.05) is 11.6 Å². The maximum absolute atomic E-state index is 5.05. The van der Waals surface area contributed by atoms with E-state index in [2.05, 4.69) is 0 Å². The van der Waals surface area contributed by atoms with E-state index in [-0.39, 0.29) is 0 Å². The van der Waals surface area contributed by atoms with Gasteiger partial charge in [0.2, 0.25) is 0 Å². The summed E-state index contributed by atoms with van der Waals surface area (Å²) in [6, 6.07) is 0. The molecule has 0 spiro atoms. The van der Waals surface area contributed by atoms with Gasteiger partial charge in [-0.05, 0) is 6.92 Å². The molecule has 0 saturated carbocycles. The molecule has 0 atom stereocenters. The van der Waals surface area contributed by atoms with Crippen LogP contribution in [0.1, 0.15) is 6.92 Å². The van der Waals surface area contributed by atoms with E-state index in [1.165, 1.54) is 5.54 Å². The Balaban J connectivity index is 3.14. The van der Waals surface area contributed by atoms with Gasteiger partial charge in [0, 0.05) is 11.2 Å². The fourth-order valence-electron chi connectivity index (χ4n) is 0. The molecule has 0 heterocycles. The third kappa shape index (κ3) is 3.83. The van der Waals surface area contributed by atoms with Gasteiger partial charge in [0.25, 0.3) is 0 Å². The van der Waals surface area contributed by atoms with Gasteiger partial charge in [0.05, 0.1) is 0 Å². The molecule has 0 rings (SSSR count). The molecule has 1 nitrogen and oxygen atoms in total. The highest BCUT2D eigenvalue weighted by molar-refractivity contribution is 6.25. The third-order valence-electron chi connectivity index (χ3n) is 0.172. The van der Waals surface area contributed by atoms with Crippen LogP contribution in [0.15, 0.2) is 11.2 Å². The van der Waals surface area contributed by atoms with Crippen molar-refractivity contribution in [1.29, 1.82) is 0 Å². The summed E-state index contributed by atoms with van der Waals surface area (Å²) in [5.41, 5.74) is 7.00. The summed E-state index contributed by atoms with van der Waals surface area (Å²) in [6.07, 6.45) is 0. The molecule has 0 aliphatic carbocycles. The van der Waals surface area contributed by atoms with Crippen molar-refractivity contribution in [3.63, 3.8) is 0 Å². The van der Waals surface area contributed by atoms with Crippen LogP contribution in [0.4, 0.5) is 0 Å². The molecule has 0 aliphatic heterocycles. The molecule has 2 heteroatoms. The summed E-state index contributed by atoms with van der Waals surface area (Å²) in [4.78, 5) is 0. The Labute approximate surface area is 36.4 Å². The molecule has 5 heavy (non-hydrogen) atoms. The van der Waals surface area contributed by atoms with Crippen LogP contribution in [0.2, 0.25) is 0 Å². The van der Waals surface area contributed by atoms with Crippen molar-refractivity contribution in [2.45, 2.75) is 6.92 Å². The second kappa shape index (κ2) is 2.09. The number of rotatable bonds is 0. The van der Waals surface area contributed by atoms with Crippen LogP contribution < -0.4 is 5.73 Å². The van der Waals surface area contributed by atoms with Crippen molar-refractivity contribution >= 4 is 11.6 Å². The SMILES string of the molecule is C/C(N)=C/Cl. The maximum Gasteiger partial charge on any atom is 0.0227 e. The zero-order valence-electron chi connectivity index (χ0n) is 3.03. The first-order valence-corrected chi connectivity index (χ1v) is 1.73. The first-order valence-electron chi connectivity index (χ1n) is 1.30. The highest BCUT2D eigenvalue weighted by Gasteiger charge is 1.62. The van der Waals surface area contributed by atoms with Crippen molar-refractivity contribution < 1.29 is 0 Å². The van der Waals surface area contributed by atoms with Gasteiger partial charge in [-0.3, -0.25) is 0 Å². The van der Waals surface area contributed by atoms with Crippen LogP contribution in [0.3, 0.4) is 0 Å². The molecule has 0 amide bonds. The number of nitrogens with two attached hydrogens (primary N) is 1. The van der Waals surface area contributed by atoms with Gasteiger partial charge in [0.1, 0.15) is 0 Å². The van der Waals surface area contributed by atoms with Gasteiger partial charge in [-0.2, -0.15) is 0 Å². The number of hydrogen-bond donors (Lipinski definition) is 1. The second-order valence-electron chi connectivity index (χ2n) is 0.853. The van der Waals surface area contributed by atoms with E-state index in [4.69, 9.17) is 17.3 Å². The van der Waals surface area contributed by atoms with Gasteiger partial charge >= 0.3 is 0 Å². The minimum atomic E-state index is 0.645. The zero-order valence-corrected chi connectivity index (χ0v) is 3.79. The fourth-order valence-corrected chi connectivity index (χ4v) is 0. The Hall–Kier alpha value is -0.170. The Morgan fingerprint density at radius 2 is 2.20 bits per heavy atom. The molecule has 0 aromatic heterocycles. The van der Waals surface area contributed by atoms with Crippen molar-refractivity contribution in [3.05, 3.63) is 11.2 Å². The van der Waals surface area contributed by atoms with Crippen LogP contribution in [0.5, 0.6) is 0 Å². The molecule has 0 unspecified atom stereocenters. The predicted octanol–water partition coefficient (Wildman–Crippen LogP) is 1.05. The molecule has 0 bridgehead atoms. The van der Waals surface area contributed by atoms with E-state index in [9.17, 15) is 0 Å². The van der Waals surface area contributed by atoms with E-state index in [1.807, 2.05) is 0 Å². The first-order chi connectivity index (χ1) is 2.27. The van der Waals surface area contributed by atoms with Crippen molar-refractivity contribution in [1.82, 2.24) is 0 Å². The Morgan fingerprint density at radius 1 is 2.00 bits per heavy atom. The predicted molar refractivity (Wildman–Crippen MR) is 23.8 cm³/mol. The molecule has 0 fully saturated rings. The maximum atomic E-state index is 5.05. The number of allylic oxidation sites excluding steroid dienone is 1. The van der Waals surface area contributed by atoms with Crippen LogP contribution in [0.25, 0.3) is 0 Å². The number of halogens is 1. The fraction of sp³-hybridized carbons (Fsp3) is 0.333. The van der Waals surface area contributed by atoms with Gasteiger partial charge in [-0.15, -0.1) is 0 Å². The van der Waals surface area contributed by atoms with Crippen molar-refractivity contribution in [2.75, 3.05) is 0 Å². The molecule has 0 aromatic carbocycles. The third-order valence-corrected chi connectivity index (χ3v) is 0.516. The van der Waals surface area contributed by atoms with E-state index in [1.54, 1.807) is 6.92 Å². The molecule has 0 radical (unpaired) electrons. The van der Waals surface area contributed by atoms with E-state index < -0.39 is 0 Å². The molecule has 0 aromatic rings. The average molecular weight is 91.5 g/mol. The normalized spacial score (nSPS) is 12.0. The summed E-state index contributed by atoms with van der Waals surface area (Å²) >= 11 is 5.05. The summed E-state index contributed by atoms with van der Waals surface area (Å²) in [7, 11) is 0. The first kappa shape index (κ1) is 4.83. The molecule has 0 aliphatic rings. The summed E-state index contributed by atoms with van der Waals surface area (Å²) in [5.74, 6) is 0. The standard InChI is InChI=1S/C3H6ClN/c1-3(5)2-4/h2H,5H2,1H3/b3-2-. The summed E-state index contributed by atoms with van der Waals surface area (Å²) in [5, 5.41) is 0. The Morgan fingerprint density at radius 3 is 2.20 bits per heavy atom. The van der Waals surface area contributed by atoms with E-state index in [0.29, 0.717) is 5.70 Å². The topological polar surface area (TPSA) is 26.0 Å². The van der Waals surface area contributed by atoms with Crippen LogP contribution in [0, 0.1) is 0 Å². The van der Waals surface area contributed by atoms with Crippen molar-refractivity contribution in [3.8, 4) is 0 Å². The smallest absolute Gasteiger partial charge is 0.0227 e. The highest BCUT2D eigenvalue weighted by atomic mass is 35.5. The van der Waals surface area contributed by atoms with Gasteiger partial charge in [-0.25, -0.2) is 0 Å². The molecule has 30 valence electrons. The monoisotopic (exact) mass is 91.0 g/mol. The van der Waals surface area contributed by atoms with Crippen LogP contribution >= 0.6 is 11.6 Å². The molecule has 2 N–H and O–H groups in total. The lowest BCUT2D eigenvalue weighted by atomic mass is 10.6. The Bertz CT molecular complexity index is 44.9. The van der Waals surface area contributed by atoms with Crippen molar-refractivity contribution in [2.24, 2.45) is 5.73 Å². The average Bonchev–Trinajstić information content (AvgIpc) is 1.38. The van der Waals surface area contributed by atoms with Gasteiger partial charge in [0.15, 0.2) is 0 Å².